The molecule has 126 valence electrons. The summed E-state index contributed by atoms with van der Waals surface area (Å²) in [7, 11) is 0. The quantitative estimate of drug-likeness (QED) is 0.843. The van der Waals surface area contributed by atoms with Crippen molar-refractivity contribution in [3.05, 3.63) is 58.4 Å². The first-order valence-corrected chi connectivity index (χ1v) is 7.11. The van der Waals surface area contributed by atoms with E-state index in [1.54, 1.807) is 0 Å². The van der Waals surface area contributed by atoms with Crippen molar-refractivity contribution in [1.29, 1.82) is 0 Å². The second-order valence-electron chi connectivity index (χ2n) is 5.00. The molecule has 2 atom stereocenters. The standard InChI is InChI=1S/C15H14FN3O5/c16-10-3-1-9(2-4-10)14(21)17-11-5-6-19(15(22)18-11)12-8-23-13(7-20)24-12/h1-6,12-13,20H,7-8H2,(H,17,18,21,22). The number of aliphatic hydroxyl groups excluding tert-OH is 1. The van der Waals surface area contributed by atoms with Crippen molar-refractivity contribution >= 4 is 11.7 Å². The van der Waals surface area contributed by atoms with Crippen LogP contribution in [-0.4, -0.2) is 40.1 Å². The average Bonchev–Trinajstić information content (AvgIpc) is 3.04. The van der Waals surface area contributed by atoms with E-state index in [-0.39, 0.29) is 24.6 Å². The molecule has 24 heavy (non-hydrogen) atoms. The van der Waals surface area contributed by atoms with Crippen molar-refractivity contribution in [2.24, 2.45) is 0 Å². The summed E-state index contributed by atoms with van der Waals surface area (Å²) in [4.78, 5) is 27.8. The van der Waals surface area contributed by atoms with Gasteiger partial charge >= 0.3 is 5.69 Å². The average molecular weight is 335 g/mol. The van der Waals surface area contributed by atoms with Gasteiger partial charge in [0.2, 0.25) is 0 Å². The van der Waals surface area contributed by atoms with E-state index >= 15 is 0 Å². The smallest absolute Gasteiger partial charge is 0.351 e. The summed E-state index contributed by atoms with van der Waals surface area (Å²) < 4.78 is 24.5. The lowest BCUT2D eigenvalue weighted by Crippen LogP contribution is -2.29. The molecule has 1 fully saturated rings. The monoisotopic (exact) mass is 335 g/mol. The van der Waals surface area contributed by atoms with Gasteiger partial charge in [-0.3, -0.25) is 9.36 Å². The van der Waals surface area contributed by atoms with Gasteiger partial charge in [-0.2, -0.15) is 4.98 Å². The number of hydrogen-bond acceptors (Lipinski definition) is 6. The molecule has 1 aromatic heterocycles. The molecule has 1 aromatic carbocycles. The third-order valence-electron chi connectivity index (χ3n) is 3.37. The Bertz CT molecular complexity index is 792. The van der Waals surface area contributed by atoms with Crippen LogP contribution in [0.1, 0.15) is 16.6 Å². The van der Waals surface area contributed by atoms with Gasteiger partial charge in [0.05, 0.1) is 13.2 Å². The Morgan fingerprint density at radius 3 is 2.75 bits per heavy atom. The Morgan fingerprint density at radius 1 is 1.38 bits per heavy atom. The molecular formula is C15H14FN3O5. The van der Waals surface area contributed by atoms with Gasteiger partial charge in [-0.1, -0.05) is 0 Å². The van der Waals surface area contributed by atoms with E-state index in [2.05, 4.69) is 10.3 Å². The van der Waals surface area contributed by atoms with Gasteiger partial charge in [-0.15, -0.1) is 0 Å². The predicted molar refractivity (Wildman–Crippen MR) is 79.8 cm³/mol. The minimum absolute atomic E-state index is 0.0585. The maximum absolute atomic E-state index is 12.8. The fourth-order valence-electron chi connectivity index (χ4n) is 2.18. The van der Waals surface area contributed by atoms with Crippen molar-refractivity contribution in [3.8, 4) is 0 Å². The van der Waals surface area contributed by atoms with Crippen LogP contribution in [0.2, 0.25) is 0 Å². The van der Waals surface area contributed by atoms with Gasteiger partial charge in [0, 0.05) is 11.8 Å². The van der Waals surface area contributed by atoms with Gasteiger partial charge < -0.3 is 19.9 Å². The highest BCUT2D eigenvalue weighted by Crippen LogP contribution is 2.19. The fraction of sp³-hybridized carbons (Fsp3) is 0.267. The summed E-state index contributed by atoms with van der Waals surface area (Å²) in [6, 6.07) is 6.40. The van der Waals surface area contributed by atoms with Crippen molar-refractivity contribution in [2.45, 2.75) is 12.5 Å². The SMILES string of the molecule is O=C(Nc1ccn(C2COC(CO)O2)c(=O)n1)c1ccc(F)cc1. The maximum Gasteiger partial charge on any atom is 0.351 e. The Morgan fingerprint density at radius 2 is 2.12 bits per heavy atom. The molecule has 1 saturated heterocycles. The summed E-state index contributed by atoms with van der Waals surface area (Å²) in [6.07, 6.45) is -0.0626. The van der Waals surface area contributed by atoms with E-state index < -0.39 is 29.9 Å². The normalized spacial score (nSPS) is 20.1. The molecule has 0 spiro atoms. The van der Waals surface area contributed by atoms with E-state index in [1.807, 2.05) is 0 Å². The third kappa shape index (κ3) is 3.48. The molecule has 9 heteroatoms. The lowest BCUT2D eigenvalue weighted by atomic mass is 10.2. The van der Waals surface area contributed by atoms with Crippen LogP contribution < -0.4 is 11.0 Å². The Hall–Kier alpha value is -2.62. The number of aliphatic hydroxyl groups is 1. The highest BCUT2D eigenvalue weighted by molar-refractivity contribution is 6.03. The zero-order valence-electron chi connectivity index (χ0n) is 12.4. The third-order valence-corrected chi connectivity index (χ3v) is 3.37. The predicted octanol–water partition coefficient (Wildman–Crippen LogP) is 0.498. The van der Waals surface area contributed by atoms with E-state index in [1.165, 1.54) is 29.0 Å². The molecule has 2 unspecified atom stereocenters. The zero-order valence-corrected chi connectivity index (χ0v) is 12.4. The van der Waals surface area contributed by atoms with E-state index in [4.69, 9.17) is 14.6 Å². The number of amides is 1. The molecule has 2 N–H and O–H groups in total. The number of carbonyl (C=O) groups excluding carboxylic acids is 1. The second kappa shape index (κ2) is 6.87. The van der Waals surface area contributed by atoms with Crippen molar-refractivity contribution in [2.75, 3.05) is 18.5 Å². The summed E-state index contributed by atoms with van der Waals surface area (Å²) in [5.41, 5.74) is -0.403. The number of rotatable bonds is 4. The number of aromatic nitrogens is 2. The minimum Gasteiger partial charge on any atom is -0.391 e. The van der Waals surface area contributed by atoms with E-state index in [0.29, 0.717) is 0 Å². The first-order valence-electron chi connectivity index (χ1n) is 7.11. The van der Waals surface area contributed by atoms with E-state index in [0.717, 1.165) is 12.1 Å². The van der Waals surface area contributed by atoms with Gasteiger partial charge in [0.25, 0.3) is 5.91 Å². The van der Waals surface area contributed by atoms with Gasteiger partial charge in [0.1, 0.15) is 11.6 Å². The number of nitrogens with zero attached hydrogens (tertiary/aromatic N) is 2. The van der Waals surface area contributed by atoms with Crippen LogP contribution in [0.5, 0.6) is 0 Å². The molecule has 0 aliphatic carbocycles. The van der Waals surface area contributed by atoms with Crippen LogP contribution in [0.3, 0.4) is 0 Å². The Kier molecular flexibility index (Phi) is 4.65. The summed E-state index contributed by atoms with van der Waals surface area (Å²) in [5.74, 6) is -0.907. The molecule has 0 bridgehead atoms. The van der Waals surface area contributed by atoms with Gasteiger partial charge in [-0.05, 0) is 30.3 Å². The van der Waals surface area contributed by atoms with Crippen LogP contribution in [0.25, 0.3) is 0 Å². The Balaban J connectivity index is 1.72. The van der Waals surface area contributed by atoms with Crippen LogP contribution in [0.4, 0.5) is 10.2 Å². The van der Waals surface area contributed by atoms with Crippen molar-refractivity contribution in [3.63, 3.8) is 0 Å². The van der Waals surface area contributed by atoms with Crippen molar-refractivity contribution in [1.82, 2.24) is 9.55 Å². The summed E-state index contributed by atoms with van der Waals surface area (Å²) in [6.45, 7) is -0.210. The molecule has 2 heterocycles. The molecule has 2 aromatic rings. The largest absolute Gasteiger partial charge is 0.391 e. The van der Waals surface area contributed by atoms with Crippen LogP contribution in [0.15, 0.2) is 41.3 Å². The highest BCUT2D eigenvalue weighted by Gasteiger charge is 2.27. The lowest BCUT2D eigenvalue weighted by Gasteiger charge is -2.12. The molecule has 1 amide bonds. The second-order valence-corrected chi connectivity index (χ2v) is 5.00. The van der Waals surface area contributed by atoms with Gasteiger partial charge in [-0.25, -0.2) is 9.18 Å². The van der Waals surface area contributed by atoms with Crippen LogP contribution in [0, 0.1) is 5.82 Å². The molecule has 0 radical (unpaired) electrons. The molecule has 8 nitrogen and oxygen atoms in total. The number of hydrogen-bond donors (Lipinski definition) is 2. The van der Waals surface area contributed by atoms with E-state index in [9.17, 15) is 14.0 Å². The highest BCUT2D eigenvalue weighted by atomic mass is 19.1. The van der Waals surface area contributed by atoms with Gasteiger partial charge in [0.15, 0.2) is 12.5 Å². The molecular weight excluding hydrogens is 321 g/mol. The number of ether oxygens (including phenoxy) is 2. The number of benzene rings is 1. The number of nitrogens with one attached hydrogen (secondary N) is 1. The molecule has 1 aliphatic rings. The van der Waals surface area contributed by atoms with Crippen molar-refractivity contribution < 1.29 is 23.8 Å². The summed E-state index contributed by atoms with van der Waals surface area (Å²) in [5, 5.41) is 11.4. The Labute approximate surface area is 135 Å². The molecule has 0 saturated carbocycles. The molecule has 1 aliphatic heterocycles. The summed E-state index contributed by atoms with van der Waals surface area (Å²) >= 11 is 0. The first-order chi connectivity index (χ1) is 11.6. The topological polar surface area (TPSA) is 103 Å². The number of halogens is 1. The first kappa shape index (κ1) is 16.2. The number of carbonyl (C=O) groups is 1. The number of anilines is 1. The van der Waals surface area contributed by atoms with Crippen LogP contribution in [-0.2, 0) is 9.47 Å². The fourth-order valence-corrected chi connectivity index (χ4v) is 2.18. The lowest BCUT2D eigenvalue weighted by molar-refractivity contribution is -0.0992. The minimum atomic E-state index is -0.778. The van der Waals surface area contributed by atoms with Crippen LogP contribution >= 0.6 is 0 Å². The maximum atomic E-state index is 12.8. The molecule has 3 rings (SSSR count). The zero-order chi connectivity index (χ0) is 17.1.